The number of anilines is 1. The van der Waals surface area contributed by atoms with Gasteiger partial charge in [0, 0.05) is 51.6 Å². The largest absolute Gasteiger partial charge is 0.381 e. The van der Waals surface area contributed by atoms with Crippen LogP contribution in [-0.2, 0) is 4.74 Å². The third kappa shape index (κ3) is 5.35. The van der Waals surface area contributed by atoms with Crippen LogP contribution in [0.15, 0.2) is 24.3 Å². The van der Waals surface area contributed by atoms with E-state index in [2.05, 4.69) is 61.8 Å². The van der Waals surface area contributed by atoms with Crippen LogP contribution in [0.2, 0.25) is 0 Å². The van der Waals surface area contributed by atoms with Gasteiger partial charge in [0.15, 0.2) is 0 Å². The first-order valence-corrected chi connectivity index (χ1v) is 12.0. The van der Waals surface area contributed by atoms with Crippen molar-refractivity contribution in [3.8, 4) is 0 Å². The Labute approximate surface area is 178 Å². The first kappa shape index (κ1) is 21.2. The van der Waals surface area contributed by atoms with Crippen molar-refractivity contribution >= 4 is 5.69 Å². The van der Waals surface area contributed by atoms with Gasteiger partial charge in [-0.15, -0.1) is 0 Å². The maximum absolute atomic E-state index is 5.54. The fourth-order valence-corrected chi connectivity index (χ4v) is 6.65. The van der Waals surface area contributed by atoms with Gasteiger partial charge in [0.2, 0.25) is 0 Å². The predicted molar refractivity (Wildman–Crippen MR) is 123 cm³/mol. The van der Waals surface area contributed by atoms with Crippen LogP contribution in [0.1, 0.15) is 71.3 Å². The Balaban J connectivity index is 1.42. The average molecular weight is 399 g/mol. The molecule has 3 nitrogen and oxygen atoms in total. The van der Waals surface area contributed by atoms with Gasteiger partial charge < -0.3 is 9.64 Å². The fourth-order valence-electron chi connectivity index (χ4n) is 6.65. The van der Waals surface area contributed by atoms with E-state index in [-0.39, 0.29) is 0 Å². The lowest BCUT2D eigenvalue weighted by atomic mass is 9.60. The van der Waals surface area contributed by atoms with Crippen LogP contribution in [0.5, 0.6) is 0 Å². The lowest BCUT2D eigenvalue weighted by Gasteiger charge is -2.46. The number of hydrogen-bond donors (Lipinski definition) is 0. The quantitative estimate of drug-likeness (QED) is 0.661. The number of piperazine rings is 1. The molecule has 1 aliphatic carbocycles. The van der Waals surface area contributed by atoms with Gasteiger partial charge in [-0.2, -0.15) is 0 Å². The van der Waals surface area contributed by atoms with E-state index in [1.54, 1.807) is 5.56 Å². The van der Waals surface area contributed by atoms with Crippen molar-refractivity contribution in [2.75, 3.05) is 50.8 Å². The van der Waals surface area contributed by atoms with Crippen molar-refractivity contribution in [3.63, 3.8) is 0 Å². The molecule has 162 valence electrons. The SMILES string of the molecule is CC1(C)CC(c2ccccc2N2CCN(CC3CCOCC3)CC2)CC(C)(C)C1. The van der Waals surface area contributed by atoms with E-state index in [1.165, 1.54) is 70.5 Å². The van der Waals surface area contributed by atoms with Gasteiger partial charge in [-0.1, -0.05) is 45.9 Å². The van der Waals surface area contributed by atoms with Crippen molar-refractivity contribution in [1.29, 1.82) is 0 Å². The molecule has 2 heterocycles. The molecule has 2 saturated heterocycles. The van der Waals surface area contributed by atoms with E-state index in [0.29, 0.717) is 16.7 Å². The molecular weight excluding hydrogens is 356 g/mol. The number of para-hydroxylation sites is 1. The van der Waals surface area contributed by atoms with E-state index in [0.717, 1.165) is 19.1 Å². The van der Waals surface area contributed by atoms with Crippen molar-refractivity contribution in [1.82, 2.24) is 4.90 Å². The highest BCUT2D eigenvalue weighted by Gasteiger charge is 2.39. The van der Waals surface area contributed by atoms with Crippen molar-refractivity contribution in [3.05, 3.63) is 29.8 Å². The van der Waals surface area contributed by atoms with Gasteiger partial charge in [0.1, 0.15) is 0 Å². The summed E-state index contributed by atoms with van der Waals surface area (Å²) in [7, 11) is 0. The second kappa shape index (κ2) is 8.59. The Kier molecular flexibility index (Phi) is 6.27. The molecule has 3 fully saturated rings. The molecular formula is C26H42N2O. The lowest BCUT2D eigenvalue weighted by Crippen LogP contribution is -2.48. The van der Waals surface area contributed by atoms with Crippen LogP contribution in [0.3, 0.4) is 0 Å². The van der Waals surface area contributed by atoms with Crippen LogP contribution >= 0.6 is 0 Å². The minimum Gasteiger partial charge on any atom is -0.381 e. The Morgan fingerprint density at radius 1 is 0.897 bits per heavy atom. The summed E-state index contributed by atoms with van der Waals surface area (Å²) in [5.74, 6) is 1.53. The van der Waals surface area contributed by atoms with Crippen LogP contribution in [0, 0.1) is 16.7 Å². The maximum Gasteiger partial charge on any atom is 0.0469 e. The Morgan fingerprint density at radius 2 is 1.52 bits per heavy atom. The predicted octanol–water partition coefficient (Wildman–Crippen LogP) is 5.56. The molecule has 0 N–H and O–H groups in total. The zero-order valence-electron chi connectivity index (χ0n) is 19.3. The van der Waals surface area contributed by atoms with E-state index in [4.69, 9.17) is 4.74 Å². The Morgan fingerprint density at radius 3 is 2.17 bits per heavy atom. The molecule has 0 amide bonds. The lowest BCUT2D eigenvalue weighted by molar-refractivity contribution is 0.0517. The highest BCUT2D eigenvalue weighted by molar-refractivity contribution is 5.56. The maximum atomic E-state index is 5.54. The van der Waals surface area contributed by atoms with Gasteiger partial charge in [-0.3, -0.25) is 4.90 Å². The molecule has 0 aromatic heterocycles. The van der Waals surface area contributed by atoms with E-state index < -0.39 is 0 Å². The minimum atomic E-state index is 0.432. The molecule has 1 saturated carbocycles. The zero-order chi connectivity index (χ0) is 20.5. The van der Waals surface area contributed by atoms with Gasteiger partial charge in [-0.25, -0.2) is 0 Å². The van der Waals surface area contributed by atoms with Crippen molar-refractivity contribution in [2.24, 2.45) is 16.7 Å². The molecule has 2 aliphatic heterocycles. The monoisotopic (exact) mass is 398 g/mol. The topological polar surface area (TPSA) is 15.7 Å². The molecule has 29 heavy (non-hydrogen) atoms. The third-order valence-electron chi connectivity index (χ3n) is 7.50. The molecule has 0 bridgehead atoms. The van der Waals surface area contributed by atoms with Gasteiger partial charge >= 0.3 is 0 Å². The van der Waals surface area contributed by atoms with E-state index in [9.17, 15) is 0 Å². The molecule has 0 spiro atoms. The van der Waals surface area contributed by atoms with Crippen LogP contribution < -0.4 is 4.90 Å². The summed E-state index contributed by atoms with van der Waals surface area (Å²) in [4.78, 5) is 5.37. The fraction of sp³-hybridized carbons (Fsp3) is 0.769. The molecule has 4 rings (SSSR count). The smallest absolute Gasteiger partial charge is 0.0469 e. The summed E-state index contributed by atoms with van der Waals surface area (Å²) in [6.45, 7) is 17.8. The van der Waals surface area contributed by atoms with Crippen LogP contribution in [0.4, 0.5) is 5.69 Å². The van der Waals surface area contributed by atoms with Crippen LogP contribution in [0.25, 0.3) is 0 Å². The zero-order valence-corrected chi connectivity index (χ0v) is 19.3. The highest BCUT2D eigenvalue weighted by atomic mass is 16.5. The van der Waals surface area contributed by atoms with Crippen LogP contribution in [-0.4, -0.2) is 50.8 Å². The summed E-state index contributed by atoms with van der Waals surface area (Å²) in [5, 5.41) is 0. The van der Waals surface area contributed by atoms with Gasteiger partial charge in [-0.05, 0) is 66.4 Å². The number of ether oxygens (including phenoxy) is 1. The minimum absolute atomic E-state index is 0.432. The number of nitrogens with zero attached hydrogens (tertiary/aromatic N) is 2. The molecule has 1 aromatic rings. The summed E-state index contributed by atoms with van der Waals surface area (Å²) in [5.41, 5.74) is 3.98. The average Bonchev–Trinajstić information content (AvgIpc) is 2.67. The summed E-state index contributed by atoms with van der Waals surface area (Å²) in [6.07, 6.45) is 6.46. The normalized spacial score (nSPS) is 26.6. The standard InChI is InChI=1S/C26H42N2O/c1-25(2)17-22(18-26(3,4)20-25)23-7-5-6-8-24(23)28-13-11-27(12-14-28)19-21-9-15-29-16-10-21/h5-8,21-22H,9-20H2,1-4H3. The number of benzene rings is 1. The van der Waals surface area contributed by atoms with Gasteiger partial charge in [0.05, 0.1) is 0 Å². The highest BCUT2D eigenvalue weighted by Crippen LogP contribution is 2.53. The molecule has 0 radical (unpaired) electrons. The second-order valence-electron chi connectivity index (χ2n) is 11.5. The van der Waals surface area contributed by atoms with Crippen molar-refractivity contribution in [2.45, 2.75) is 65.7 Å². The summed E-state index contributed by atoms with van der Waals surface area (Å²) in [6, 6.07) is 9.31. The van der Waals surface area contributed by atoms with Gasteiger partial charge in [0.25, 0.3) is 0 Å². The molecule has 3 heteroatoms. The van der Waals surface area contributed by atoms with E-state index >= 15 is 0 Å². The van der Waals surface area contributed by atoms with Crippen molar-refractivity contribution < 1.29 is 4.74 Å². The summed E-state index contributed by atoms with van der Waals surface area (Å²) < 4.78 is 5.54. The molecule has 0 unspecified atom stereocenters. The Hall–Kier alpha value is -1.06. The van der Waals surface area contributed by atoms with E-state index in [1.807, 2.05) is 0 Å². The number of hydrogen-bond acceptors (Lipinski definition) is 3. The second-order valence-corrected chi connectivity index (χ2v) is 11.5. The number of rotatable bonds is 4. The Bertz CT molecular complexity index is 653. The molecule has 1 aromatic carbocycles. The first-order valence-electron chi connectivity index (χ1n) is 12.0. The third-order valence-corrected chi connectivity index (χ3v) is 7.50. The first-order chi connectivity index (χ1) is 13.8. The molecule has 3 aliphatic rings. The molecule has 0 atom stereocenters. The summed E-state index contributed by atoms with van der Waals surface area (Å²) >= 11 is 0.